The third-order valence-electron chi connectivity index (χ3n) is 3.42. The summed E-state index contributed by atoms with van der Waals surface area (Å²) < 4.78 is 2.05. The van der Waals surface area contributed by atoms with Crippen LogP contribution in [0.2, 0.25) is 0 Å². The molecule has 0 bridgehead atoms. The molecule has 1 aliphatic carbocycles. The van der Waals surface area contributed by atoms with Crippen molar-refractivity contribution in [2.75, 3.05) is 11.5 Å². The maximum absolute atomic E-state index is 4.22. The number of hydrogen-bond acceptors (Lipinski definition) is 5. The zero-order valence-corrected chi connectivity index (χ0v) is 12.5. The van der Waals surface area contributed by atoms with E-state index in [-0.39, 0.29) is 0 Å². The Morgan fingerprint density at radius 1 is 1.17 bits per heavy atom. The first-order chi connectivity index (χ1) is 8.92. The summed E-state index contributed by atoms with van der Waals surface area (Å²) in [6.07, 6.45) is 10.2. The molecule has 1 aromatic rings. The fourth-order valence-electron chi connectivity index (χ4n) is 2.39. The van der Waals surface area contributed by atoms with Crippen molar-refractivity contribution in [3.63, 3.8) is 0 Å². The molecule has 0 saturated heterocycles. The SMILES string of the molecule is SCCCCCCSc1nnnn1C1CCCC1. The van der Waals surface area contributed by atoms with Gasteiger partial charge in [-0.3, -0.25) is 0 Å². The summed E-state index contributed by atoms with van der Waals surface area (Å²) in [7, 11) is 0. The van der Waals surface area contributed by atoms with Gasteiger partial charge in [0.2, 0.25) is 5.16 Å². The molecule has 2 rings (SSSR count). The first kappa shape index (κ1) is 14.2. The summed E-state index contributed by atoms with van der Waals surface area (Å²) in [5, 5.41) is 13.1. The first-order valence-electron chi connectivity index (χ1n) is 6.93. The summed E-state index contributed by atoms with van der Waals surface area (Å²) in [5.41, 5.74) is 0. The van der Waals surface area contributed by atoms with Crippen LogP contribution >= 0.6 is 24.4 Å². The lowest BCUT2D eigenvalue weighted by molar-refractivity contribution is 0.423. The molecule has 18 heavy (non-hydrogen) atoms. The average Bonchev–Trinajstić information content (AvgIpc) is 3.03. The summed E-state index contributed by atoms with van der Waals surface area (Å²) in [5.74, 6) is 2.13. The molecule has 0 atom stereocenters. The number of unbranched alkanes of at least 4 members (excludes halogenated alkanes) is 3. The van der Waals surface area contributed by atoms with Gasteiger partial charge in [-0.15, -0.1) is 5.10 Å². The van der Waals surface area contributed by atoms with Gasteiger partial charge >= 0.3 is 0 Å². The monoisotopic (exact) mass is 286 g/mol. The molecule has 0 radical (unpaired) electrons. The highest BCUT2D eigenvalue weighted by Gasteiger charge is 2.21. The number of rotatable bonds is 8. The van der Waals surface area contributed by atoms with Gasteiger partial charge in [-0.25, -0.2) is 4.68 Å². The van der Waals surface area contributed by atoms with Gasteiger partial charge in [-0.05, 0) is 41.9 Å². The number of thiol groups is 1. The Balaban J connectivity index is 1.70. The highest BCUT2D eigenvalue weighted by atomic mass is 32.2. The van der Waals surface area contributed by atoms with Crippen LogP contribution in [0.25, 0.3) is 0 Å². The highest BCUT2D eigenvalue weighted by molar-refractivity contribution is 7.99. The first-order valence-corrected chi connectivity index (χ1v) is 8.55. The predicted octanol–water partition coefficient (Wildman–Crippen LogP) is 3.37. The van der Waals surface area contributed by atoms with Crippen LogP contribution in [-0.4, -0.2) is 31.7 Å². The number of hydrogen-bond donors (Lipinski definition) is 1. The molecule has 4 nitrogen and oxygen atoms in total. The topological polar surface area (TPSA) is 43.6 Å². The van der Waals surface area contributed by atoms with Crippen molar-refractivity contribution in [2.45, 2.75) is 62.6 Å². The molecule has 1 aliphatic rings. The average molecular weight is 286 g/mol. The van der Waals surface area contributed by atoms with E-state index in [9.17, 15) is 0 Å². The summed E-state index contributed by atoms with van der Waals surface area (Å²) in [6.45, 7) is 0. The van der Waals surface area contributed by atoms with Crippen LogP contribution in [0.15, 0.2) is 5.16 Å². The van der Waals surface area contributed by atoms with Crippen LogP contribution in [-0.2, 0) is 0 Å². The molecular weight excluding hydrogens is 264 g/mol. The Morgan fingerprint density at radius 3 is 2.72 bits per heavy atom. The van der Waals surface area contributed by atoms with Crippen molar-refractivity contribution < 1.29 is 0 Å². The van der Waals surface area contributed by atoms with Crippen molar-refractivity contribution in [1.29, 1.82) is 0 Å². The van der Waals surface area contributed by atoms with Crippen LogP contribution in [0.5, 0.6) is 0 Å². The minimum Gasteiger partial charge on any atom is -0.217 e. The Morgan fingerprint density at radius 2 is 1.94 bits per heavy atom. The molecule has 6 heteroatoms. The third-order valence-corrected chi connectivity index (χ3v) is 4.75. The van der Waals surface area contributed by atoms with E-state index in [0.717, 1.165) is 16.7 Å². The standard InChI is InChI=1S/C12H22N4S2/c17-9-5-1-2-6-10-18-12-13-14-15-16(12)11-7-3-4-8-11/h11,17H,1-10H2. The molecule has 0 aliphatic heterocycles. The van der Waals surface area contributed by atoms with E-state index in [4.69, 9.17) is 0 Å². The third kappa shape index (κ3) is 4.16. The molecule has 102 valence electrons. The van der Waals surface area contributed by atoms with Crippen molar-refractivity contribution in [3.05, 3.63) is 0 Å². The highest BCUT2D eigenvalue weighted by Crippen LogP contribution is 2.31. The van der Waals surface area contributed by atoms with E-state index in [1.165, 1.54) is 51.4 Å². The molecule has 1 heterocycles. The van der Waals surface area contributed by atoms with Crippen molar-refractivity contribution in [1.82, 2.24) is 20.2 Å². The maximum Gasteiger partial charge on any atom is 0.209 e. The van der Waals surface area contributed by atoms with Gasteiger partial charge in [0, 0.05) is 5.75 Å². The number of aromatic nitrogens is 4. The fraction of sp³-hybridized carbons (Fsp3) is 0.917. The molecule has 0 spiro atoms. The van der Waals surface area contributed by atoms with Gasteiger partial charge in [0.15, 0.2) is 0 Å². The van der Waals surface area contributed by atoms with E-state index >= 15 is 0 Å². The van der Waals surface area contributed by atoms with E-state index in [1.54, 1.807) is 11.8 Å². The maximum atomic E-state index is 4.22. The second-order valence-corrected chi connectivity index (χ2v) is 6.34. The Labute approximate surface area is 119 Å². The van der Waals surface area contributed by atoms with Crippen LogP contribution in [0, 0.1) is 0 Å². The lowest BCUT2D eigenvalue weighted by Crippen LogP contribution is -2.08. The van der Waals surface area contributed by atoms with Gasteiger partial charge in [-0.1, -0.05) is 37.4 Å². The normalized spacial score (nSPS) is 16.5. The zero-order chi connectivity index (χ0) is 12.6. The number of thioether (sulfide) groups is 1. The second-order valence-electron chi connectivity index (χ2n) is 4.83. The van der Waals surface area contributed by atoms with Crippen LogP contribution in [0.1, 0.15) is 57.4 Å². The Hall–Kier alpha value is -0.230. The van der Waals surface area contributed by atoms with Crippen LogP contribution in [0.4, 0.5) is 0 Å². The van der Waals surface area contributed by atoms with Gasteiger partial charge in [-0.2, -0.15) is 12.6 Å². The molecule has 0 amide bonds. The molecular formula is C12H22N4S2. The lowest BCUT2D eigenvalue weighted by atomic mass is 10.2. The lowest BCUT2D eigenvalue weighted by Gasteiger charge is -2.10. The quantitative estimate of drug-likeness (QED) is 0.452. The minimum atomic E-state index is 0.548. The molecule has 1 saturated carbocycles. The summed E-state index contributed by atoms with van der Waals surface area (Å²) >= 11 is 6.03. The fourth-order valence-corrected chi connectivity index (χ4v) is 3.56. The minimum absolute atomic E-state index is 0.548. The van der Waals surface area contributed by atoms with Gasteiger partial charge in [0.25, 0.3) is 0 Å². The second kappa shape index (κ2) is 8.04. The van der Waals surface area contributed by atoms with Crippen molar-refractivity contribution in [3.8, 4) is 0 Å². The summed E-state index contributed by atoms with van der Waals surface area (Å²) in [6, 6.07) is 0.548. The van der Waals surface area contributed by atoms with Gasteiger partial charge in [0.1, 0.15) is 0 Å². The van der Waals surface area contributed by atoms with Crippen LogP contribution in [0.3, 0.4) is 0 Å². The largest absolute Gasteiger partial charge is 0.217 e. The van der Waals surface area contributed by atoms with E-state index < -0.39 is 0 Å². The predicted molar refractivity (Wildman–Crippen MR) is 78.4 cm³/mol. The van der Waals surface area contributed by atoms with Crippen molar-refractivity contribution >= 4 is 24.4 Å². The summed E-state index contributed by atoms with van der Waals surface area (Å²) in [4.78, 5) is 0. The molecule has 0 aromatic carbocycles. The number of tetrazole rings is 1. The molecule has 0 N–H and O–H groups in total. The Kier molecular flexibility index (Phi) is 6.34. The van der Waals surface area contributed by atoms with Crippen LogP contribution < -0.4 is 0 Å². The molecule has 1 fully saturated rings. The molecule has 1 aromatic heterocycles. The zero-order valence-electron chi connectivity index (χ0n) is 10.8. The molecule has 0 unspecified atom stereocenters. The van der Waals surface area contributed by atoms with E-state index in [2.05, 4.69) is 28.2 Å². The number of nitrogens with zero attached hydrogens (tertiary/aromatic N) is 4. The van der Waals surface area contributed by atoms with Gasteiger partial charge < -0.3 is 0 Å². The van der Waals surface area contributed by atoms with E-state index in [1.807, 2.05) is 4.68 Å². The van der Waals surface area contributed by atoms with Gasteiger partial charge in [0.05, 0.1) is 6.04 Å². The van der Waals surface area contributed by atoms with E-state index in [0.29, 0.717) is 6.04 Å². The smallest absolute Gasteiger partial charge is 0.209 e. The van der Waals surface area contributed by atoms with Crippen molar-refractivity contribution in [2.24, 2.45) is 0 Å². The Bertz CT molecular complexity index is 337.